The lowest BCUT2D eigenvalue weighted by Crippen LogP contribution is -2.46. The maximum atomic E-state index is 13.2. The topological polar surface area (TPSA) is 40.6 Å². The number of nitrogens with zero attached hydrogens (tertiary/aromatic N) is 2. The van der Waals surface area contributed by atoms with Crippen LogP contribution in [-0.2, 0) is 11.2 Å². The molecule has 0 atom stereocenters. The molecule has 0 spiro atoms. The number of rotatable bonds is 4. The first kappa shape index (κ1) is 21.7. The molecule has 0 bridgehead atoms. The van der Waals surface area contributed by atoms with E-state index in [-0.39, 0.29) is 11.8 Å². The molecule has 0 radical (unpaired) electrons. The second-order valence-electron chi connectivity index (χ2n) is 9.55. The first-order chi connectivity index (χ1) is 16.2. The van der Waals surface area contributed by atoms with E-state index in [1.165, 1.54) is 5.56 Å². The van der Waals surface area contributed by atoms with Crippen molar-refractivity contribution in [3.05, 3.63) is 83.9 Å². The lowest BCUT2D eigenvalue weighted by Gasteiger charge is -2.37. The number of hydrogen-bond acceptors (Lipinski definition) is 2. The van der Waals surface area contributed by atoms with Gasteiger partial charge in [0.05, 0.1) is 0 Å². The molecule has 4 nitrogen and oxygen atoms in total. The first-order valence-corrected chi connectivity index (χ1v) is 12.3. The van der Waals surface area contributed by atoms with Gasteiger partial charge in [0.25, 0.3) is 5.91 Å². The SMILES string of the molecule is O=C(c1cccc2ccccc12)N1CCC(C(=O)N2CCC(Cc3ccccc3)CC2)CC1. The maximum Gasteiger partial charge on any atom is 0.254 e. The Morgan fingerprint density at radius 3 is 2.09 bits per heavy atom. The van der Waals surface area contributed by atoms with E-state index < -0.39 is 0 Å². The van der Waals surface area contributed by atoms with Crippen LogP contribution in [-0.4, -0.2) is 47.8 Å². The van der Waals surface area contributed by atoms with Gasteiger partial charge in [0.1, 0.15) is 0 Å². The van der Waals surface area contributed by atoms with Gasteiger partial charge in [-0.15, -0.1) is 0 Å². The van der Waals surface area contributed by atoms with Gasteiger partial charge in [-0.05, 0) is 60.4 Å². The van der Waals surface area contributed by atoms with Crippen molar-refractivity contribution < 1.29 is 9.59 Å². The highest BCUT2D eigenvalue weighted by Crippen LogP contribution is 2.27. The Labute approximate surface area is 196 Å². The highest BCUT2D eigenvalue weighted by Gasteiger charge is 2.32. The summed E-state index contributed by atoms with van der Waals surface area (Å²) in [6, 6.07) is 24.6. The lowest BCUT2D eigenvalue weighted by molar-refractivity contribution is -0.138. The molecule has 170 valence electrons. The van der Waals surface area contributed by atoms with Crippen molar-refractivity contribution in [3.63, 3.8) is 0 Å². The average Bonchev–Trinajstić information content (AvgIpc) is 2.89. The molecule has 2 amide bonds. The molecular weight excluding hydrogens is 408 g/mol. The molecule has 3 aromatic carbocycles. The average molecular weight is 441 g/mol. The number of benzene rings is 3. The van der Waals surface area contributed by atoms with Gasteiger partial charge in [0, 0.05) is 37.7 Å². The van der Waals surface area contributed by atoms with Crippen LogP contribution in [0.3, 0.4) is 0 Å². The Balaban J connectivity index is 1.14. The van der Waals surface area contributed by atoms with Crippen LogP contribution < -0.4 is 0 Å². The molecule has 4 heteroatoms. The monoisotopic (exact) mass is 440 g/mol. The molecule has 2 fully saturated rings. The fourth-order valence-corrected chi connectivity index (χ4v) is 5.47. The van der Waals surface area contributed by atoms with Crippen molar-refractivity contribution in [2.24, 2.45) is 11.8 Å². The zero-order valence-electron chi connectivity index (χ0n) is 19.2. The van der Waals surface area contributed by atoms with Gasteiger partial charge in [0.2, 0.25) is 5.91 Å². The van der Waals surface area contributed by atoms with Gasteiger partial charge < -0.3 is 9.80 Å². The van der Waals surface area contributed by atoms with Crippen LogP contribution in [0.15, 0.2) is 72.8 Å². The van der Waals surface area contributed by atoms with Crippen molar-refractivity contribution >= 4 is 22.6 Å². The van der Waals surface area contributed by atoms with Gasteiger partial charge in [-0.2, -0.15) is 0 Å². The standard InChI is InChI=1S/C29H32N2O2/c32-28(30-17-13-23(14-18-30)21-22-7-2-1-3-8-22)25-15-19-31(20-16-25)29(33)27-12-6-10-24-9-4-5-11-26(24)27/h1-12,23,25H,13-21H2. The smallest absolute Gasteiger partial charge is 0.254 e. The molecule has 33 heavy (non-hydrogen) atoms. The summed E-state index contributed by atoms with van der Waals surface area (Å²) in [7, 11) is 0. The van der Waals surface area contributed by atoms with Gasteiger partial charge in [0.15, 0.2) is 0 Å². The molecule has 0 saturated carbocycles. The van der Waals surface area contributed by atoms with Crippen molar-refractivity contribution in [3.8, 4) is 0 Å². The van der Waals surface area contributed by atoms with Crippen LogP contribution in [0.25, 0.3) is 10.8 Å². The summed E-state index contributed by atoms with van der Waals surface area (Å²) in [5.74, 6) is 1.09. The van der Waals surface area contributed by atoms with E-state index >= 15 is 0 Å². The van der Waals surface area contributed by atoms with Crippen LogP contribution in [0, 0.1) is 11.8 Å². The molecule has 2 saturated heterocycles. The largest absolute Gasteiger partial charge is 0.342 e. The van der Waals surface area contributed by atoms with Crippen molar-refractivity contribution in [2.75, 3.05) is 26.2 Å². The Morgan fingerprint density at radius 1 is 0.697 bits per heavy atom. The maximum absolute atomic E-state index is 13.2. The number of piperidine rings is 2. The molecule has 0 aromatic heterocycles. The van der Waals surface area contributed by atoms with E-state index in [1.54, 1.807) is 0 Å². The second-order valence-corrected chi connectivity index (χ2v) is 9.55. The zero-order valence-corrected chi connectivity index (χ0v) is 19.2. The predicted molar refractivity (Wildman–Crippen MR) is 132 cm³/mol. The van der Waals surface area contributed by atoms with Gasteiger partial charge >= 0.3 is 0 Å². The third-order valence-corrected chi connectivity index (χ3v) is 7.44. The predicted octanol–water partition coefficient (Wildman–Crippen LogP) is 5.17. The van der Waals surface area contributed by atoms with Crippen LogP contribution in [0.1, 0.15) is 41.6 Å². The molecule has 0 N–H and O–H groups in total. The summed E-state index contributed by atoms with van der Waals surface area (Å²) >= 11 is 0. The van der Waals surface area contributed by atoms with E-state index in [2.05, 4.69) is 35.2 Å². The van der Waals surface area contributed by atoms with E-state index in [9.17, 15) is 9.59 Å². The van der Waals surface area contributed by atoms with Crippen molar-refractivity contribution in [1.82, 2.24) is 9.80 Å². The summed E-state index contributed by atoms with van der Waals surface area (Å²) < 4.78 is 0. The number of fused-ring (bicyclic) bond motifs is 1. The van der Waals surface area contributed by atoms with E-state index in [0.29, 0.717) is 24.9 Å². The molecule has 0 unspecified atom stereocenters. The molecule has 0 aliphatic carbocycles. The van der Waals surface area contributed by atoms with Crippen LogP contribution in [0.4, 0.5) is 0 Å². The number of likely N-dealkylation sites (tertiary alicyclic amines) is 2. The Morgan fingerprint density at radius 2 is 1.33 bits per heavy atom. The second kappa shape index (κ2) is 9.78. The fraction of sp³-hybridized carbons (Fsp3) is 0.379. The van der Waals surface area contributed by atoms with Gasteiger partial charge in [-0.25, -0.2) is 0 Å². The zero-order chi connectivity index (χ0) is 22.6. The minimum Gasteiger partial charge on any atom is -0.342 e. The minimum absolute atomic E-state index is 0.0484. The quantitative estimate of drug-likeness (QED) is 0.561. The summed E-state index contributed by atoms with van der Waals surface area (Å²) in [4.78, 5) is 30.4. The third kappa shape index (κ3) is 4.80. The summed E-state index contributed by atoms with van der Waals surface area (Å²) in [5, 5.41) is 2.09. The Kier molecular flexibility index (Phi) is 6.43. The van der Waals surface area contributed by atoms with Crippen LogP contribution in [0.5, 0.6) is 0 Å². The highest BCUT2D eigenvalue weighted by molar-refractivity contribution is 6.07. The van der Waals surface area contributed by atoms with Crippen LogP contribution in [0.2, 0.25) is 0 Å². The van der Waals surface area contributed by atoms with Crippen LogP contribution >= 0.6 is 0 Å². The third-order valence-electron chi connectivity index (χ3n) is 7.44. The Bertz CT molecular complexity index is 1110. The number of carbonyl (C=O) groups is 2. The fourth-order valence-electron chi connectivity index (χ4n) is 5.47. The summed E-state index contributed by atoms with van der Waals surface area (Å²) in [5.41, 5.74) is 2.16. The first-order valence-electron chi connectivity index (χ1n) is 12.3. The summed E-state index contributed by atoms with van der Waals surface area (Å²) in [6.07, 6.45) is 4.80. The van der Waals surface area contributed by atoms with Gasteiger partial charge in [-0.1, -0.05) is 66.7 Å². The molecule has 2 aliphatic heterocycles. The Hall–Kier alpha value is -3.14. The van der Waals surface area contributed by atoms with E-state index in [1.807, 2.05) is 47.4 Å². The molecular formula is C29H32N2O2. The molecule has 5 rings (SSSR count). The van der Waals surface area contributed by atoms with Crippen molar-refractivity contribution in [1.29, 1.82) is 0 Å². The lowest BCUT2D eigenvalue weighted by atomic mass is 9.88. The van der Waals surface area contributed by atoms with E-state index in [4.69, 9.17) is 0 Å². The molecule has 3 aromatic rings. The minimum atomic E-state index is 0.0484. The number of carbonyl (C=O) groups excluding carboxylic acids is 2. The summed E-state index contributed by atoms with van der Waals surface area (Å²) in [6.45, 7) is 3.04. The van der Waals surface area contributed by atoms with Crippen molar-refractivity contribution in [2.45, 2.75) is 32.1 Å². The molecule has 2 heterocycles. The highest BCUT2D eigenvalue weighted by atomic mass is 16.2. The van der Waals surface area contributed by atoms with E-state index in [0.717, 1.165) is 61.5 Å². The molecule has 2 aliphatic rings. The van der Waals surface area contributed by atoms with Gasteiger partial charge in [-0.3, -0.25) is 9.59 Å². The normalized spacial score (nSPS) is 17.9. The number of amides is 2. The number of hydrogen-bond donors (Lipinski definition) is 0.